The van der Waals surface area contributed by atoms with Crippen molar-refractivity contribution in [3.63, 3.8) is 0 Å². The van der Waals surface area contributed by atoms with Gasteiger partial charge in [0.2, 0.25) is 5.78 Å². The van der Waals surface area contributed by atoms with Crippen LogP contribution in [0.15, 0.2) is 42.2 Å². The third-order valence-electron chi connectivity index (χ3n) is 4.58. The molecule has 152 valence electrons. The van der Waals surface area contributed by atoms with Crippen LogP contribution in [0, 0.1) is 6.92 Å². The minimum atomic E-state index is -0.755. The van der Waals surface area contributed by atoms with Crippen LogP contribution in [0.1, 0.15) is 35.3 Å². The Morgan fingerprint density at radius 1 is 1.21 bits per heavy atom. The molecule has 0 aromatic heterocycles. The van der Waals surface area contributed by atoms with Gasteiger partial charge in [0.05, 0.1) is 12.2 Å². The molecule has 0 saturated heterocycles. The van der Waals surface area contributed by atoms with E-state index in [1.165, 1.54) is 0 Å². The molecule has 2 aromatic carbocycles. The smallest absolute Gasteiger partial charge is 0.347 e. The van der Waals surface area contributed by atoms with E-state index in [4.69, 9.17) is 14.2 Å². The van der Waals surface area contributed by atoms with Gasteiger partial charge in [-0.15, -0.1) is 0 Å². The maximum atomic E-state index is 12.8. The SMILES string of the molecule is CCOC(=O)C(C)Oc1cc(C)c2c(c1)O/C(=C\c1ccc(N(C)C)cc1)C2=O. The normalized spacial score (nSPS) is 14.9. The number of rotatable bonds is 6. The molecular weight excluding hydrogens is 370 g/mol. The predicted molar refractivity (Wildman–Crippen MR) is 112 cm³/mol. The minimum absolute atomic E-state index is 0.167. The first kappa shape index (κ1) is 20.5. The summed E-state index contributed by atoms with van der Waals surface area (Å²) in [6.45, 7) is 5.47. The van der Waals surface area contributed by atoms with Gasteiger partial charge in [-0.2, -0.15) is 0 Å². The lowest BCUT2D eigenvalue weighted by Gasteiger charge is -2.14. The van der Waals surface area contributed by atoms with E-state index in [1.54, 1.807) is 32.1 Å². The van der Waals surface area contributed by atoms with E-state index in [0.717, 1.165) is 16.8 Å². The van der Waals surface area contributed by atoms with Crippen molar-refractivity contribution in [2.75, 3.05) is 25.6 Å². The quantitative estimate of drug-likeness (QED) is 0.544. The zero-order valence-electron chi connectivity index (χ0n) is 17.3. The summed E-state index contributed by atoms with van der Waals surface area (Å²) >= 11 is 0. The van der Waals surface area contributed by atoms with E-state index in [-0.39, 0.29) is 18.1 Å². The molecule has 0 bridgehead atoms. The van der Waals surface area contributed by atoms with Crippen LogP contribution in [0.25, 0.3) is 6.08 Å². The first-order valence-corrected chi connectivity index (χ1v) is 9.49. The third kappa shape index (κ3) is 4.42. The number of Topliss-reactive ketones (excluding diaryl/α,β-unsaturated/α-hetero) is 1. The molecule has 3 rings (SSSR count). The van der Waals surface area contributed by atoms with Crippen molar-refractivity contribution < 1.29 is 23.8 Å². The molecule has 29 heavy (non-hydrogen) atoms. The summed E-state index contributed by atoms with van der Waals surface area (Å²) in [6.07, 6.45) is 0.970. The fourth-order valence-electron chi connectivity index (χ4n) is 3.08. The van der Waals surface area contributed by atoms with Crippen LogP contribution in [-0.4, -0.2) is 38.6 Å². The van der Waals surface area contributed by atoms with Crippen molar-refractivity contribution in [1.82, 2.24) is 0 Å². The molecule has 6 nitrogen and oxygen atoms in total. The van der Waals surface area contributed by atoms with Crippen LogP contribution in [0.4, 0.5) is 5.69 Å². The van der Waals surface area contributed by atoms with Crippen LogP contribution in [0.2, 0.25) is 0 Å². The van der Waals surface area contributed by atoms with Crippen molar-refractivity contribution in [1.29, 1.82) is 0 Å². The van der Waals surface area contributed by atoms with E-state index in [2.05, 4.69) is 0 Å². The highest BCUT2D eigenvalue weighted by molar-refractivity contribution is 6.15. The number of anilines is 1. The monoisotopic (exact) mass is 395 g/mol. The summed E-state index contributed by atoms with van der Waals surface area (Å²) < 4.78 is 16.4. The number of carbonyl (C=O) groups excluding carboxylic acids is 2. The van der Waals surface area contributed by atoms with Gasteiger partial charge >= 0.3 is 5.97 Å². The van der Waals surface area contributed by atoms with Crippen molar-refractivity contribution in [3.8, 4) is 11.5 Å². The van der Waals surface area contributed by atoms with Crippen LogP contribution in [0.5, 0.6) is 11.5 Å². The van der Waals surface area contributed by atoms with Gasteiger partial charge in [-0.05, 0) is 56.2 Å². The van der Waals surface area contributed by atoms with Gasteiger partial charge in [0.15, 0.2) is 11.9 Å². The number of allylic oxidation sites excluding steroid dienone is 1. The molecule has 6 heteroatoms. The fourth-order valence-corrected chi connectivity index (χ4v) is 3.08. The van der Waals surface area contributed by atoms with E-state index in [0.29, 0.717) is 17.1 Å². The predicted octanol–water partition coefficient (Wildman–Crippen LogP) is 4.01. The van der Waals surface area contributed by atoms with Crippen LogP contribution >= 0.6 is 0 Å². The van der Waals surface area contributed by atoms with Crippen LogP contribution in [-0.2, 0) is 9.53 Å². The highest BCUT2D eigenvalue weighted by atomic mass is 16.6. The van der Waals surface area contributed by atoms with Gasteiger partial charge in [-0.25, -0.2) is 4.79 Å². The largest absolute Gasteiger partial charge is 0.479 e. The maximum Gasteiger partial charge on any atom is 0.347 e. The molecule has 1 unspecified atom stereocenters. The Hall–Kier alpha value is -3.28. The first-order chi connectivity index (χ1) is 13.8. The third-order valence-corrected chi connectivity index (χ3v) is 4.58. The Bertz CT molecular complexity index is 960. The Morgan fingerprint density at radius 3 is 2.52 bits per heavy atom. The lowest BCUT2D eigenvalue weighted by atomic mass is 10.0. The molecule has 1 aliphatic heterocycles. The summed E-state index contributed by atoms with van der Waals surface area (Å²) in [7, 11) is 3.94. The van der Waals surface area contributed by atoms with Gasteiger partial charge in [0, 0.05) is 25.8 Å². The van der Waals surface area contributed by atoms with Gasteiger partial charge in [-0.1, -0.05) is 12.1 Å². The van der Waals surface area contributed by atoms with Gasteiger partial charge in [-0.3, -0.25) is 4.79 Å². The summed E-state index contributed by atoms with van der Waals surface area (Å²) in [5.74, 6) is 0.531. The molecule has 0 fully saturated rings. The standard InChI is InChI=1S/C23H25NO5/c1-6-27-23(26)15(3)28-18-11-14(2)21-19(13-18)29-20(22(21)25)12-16-7-9-17(10-8-16)24(4)5/h7-13,15H,6H2,1-5H3/b20-12-. The number of fused-ring (bicyclic) bond motifs is 1. The van der Waals surface area contributed by atoms with Gasteiger partial charge < -0.3 is 19.1 Å². The van der Waals surface area contributed by atoms with E-state index in [1.807, 2.05) is 50.2 Å². The number of ketones is 1. The highest BCUT2D eigenvalue weighted by Gasteiger charge is 2.30. The van der Waals surface area contributed by atoms with Crippen LogP contribution in [0.3, 0.4) is 0 Å². The first-order valence-electron chi connectivity index (χ1n) is 9.49. The van der Waals surface area contributed by atoms with Gasteiger partial charge in [0.25, 0.3) is 0 Å². The van der Waals surface area contributed by atoms with E-state index in [9.17, 15) is 9.59 Å². The zero-order valence-corrected chi connectivity index (χ0v) is 17.3. The molecule has 1 heterocycles. The molecule has 0 radical (unpaired) electrons. The van der Waals surface area contributed by atoms with E-state index < -0.39 is 12.1 Å². The minimum Gasteiger partial charge on any atom is -0.479 e. The number of nitrogens with zero attached hydrogens (tertiary/aromatic N) is 1. The second kappa shape index (κ2) is 8.39. The van der Waals surface area contributed by atoms with Crippen molar-refractivity contribution in [2.24, 2.45) is 0 Å². The lowest BCUT2D eigenvalue weighted by molar-refractivity contribution is -0.150. The maximum absolute atomic E-state index is 12.8. The molecule has 0 amide bonds. The highest BCUT2D eigenvalue weighted by Crippen LogP contribution is 2.37. The molecule has 2 aromatic rings. The lowest BCUT2D eigenvalue weighted by Crippen LogP contribution is -2.26. The van der Waals surface area contributed by atoms with Crippen molar-refractivity contribution in [3.05, 3.63) is 58.8 Å². The number of ether oxygens (including phenoxy) is 3. The molecule has 0 spiro atoms. The number of aryl methyl sites for hydroxylation is 1. The van der Waals surface area contributed by atoms with Gasteiger partial charge in [0.1, 0.15) is 11.5 Å². The summed E-state index contributed by atoms with van der Waals surface area (Å²) in [4.78, 5) is 26.6. The molecule has 0 saturated carbocycles. The Kier molecular flexibility index (Phi) is 5.92. The summed E-state index contributed by atoms with van der Waals surface area (Å²) in [6, 6.07) is 11.2. The number of esters is 1. The van der Waals surface area contributed by atoms with Crippen molar-refractivity contribution in [2.45, 2.75) is 26.9 Å². The molecule has 0 aliphatic carbocycles. The van der Waals surface area contributed by atoms with E-state index >= 15 is 0 Å². The fraction of sp³-hybridized carbons (Fsp3) is 0.304. The Morgan fingerprint density at radius 2 is 1.90 bits per heavy atom. The molecule has 0 N–H and O–H groups in total. The topological polar surface area (TPSA) is 65.1 Å². The molecule has 1 aliphatic rings. The Labute approximate surface area is 170 Å². The number of hydrogen-bond donors (Lipinski definition) is 0. The number of hydrogen-bond acceptors (Lipinski definition) is 6. The number of benzene rings is 2. The van der Waals surface area contributed by atoms with Crippen LogP contribution < -0.4 is 14.4 Å². The Balaban J connectivity index is 1.82. The molecule has 1 atom stereocenters. The zero-order chi connectivity index (χ0) is 21.1. The summed E-state index contributed by atoms with van der Waals surface area (Å²) in [5, 5.41) is 0. The summed E-state index contributed by atoms with van der Waals surface area (Å²) in [5.41, 5.74) is 3.18. The second-order valence-electron chi connectivity index (χ2n) is 7.05. The average Bonchev–Trinajstić information content (AvgIpc) is 2.98. The molecular formula is C23H25NO5. The van der Waals surface area contributed by atoms with Crippen molar-refractivity contribution >= 4 is 23.5 Å². The number of carbonyl (C=O) groups is 2. The average molecular weight is 395 g/mol. The second-order valence-corrected chi connectivity index (χ2v) is 7.05.